The summed E-state index contributed by atoms with van der Waals surface area (Å²) in [6, 6.07) is 4.29. The van der Waals surface area contributed by atoms with Crippen molar-refractivity contribution < 1.29 is 14.2 Å². The van der Waals surface area contributed by atoms with E-state index in [-0.39, 0.29) is 12.1 Å². The van der Waals surface area contributed by atoms with Crippen molar-refractivity contribution in [1.82, 2.24) is 24.9 Å². The van der Waals surface area contributed by atoms with Crippen LogP contribution in [0.2, 0.25) is 0 Å². The molecule has 0 N–H and O–H groups in total. The standard InChI is InChI=1S/C20H29N5O3/c1-26-13-17-12-25(23-22-17)18-7-15-10-24(11-16(15)8-19(18)27-2)9-14-5-4-6-21-20(14)28-3/h4-6,12,15-16,18-19H,7-11,13H2,1-3H3/t15-,16+,18-,19-/m1/s1. The molecule has 1 saturated carbocycles. The van der Waals surface area contributed by atoms with Crippen LogP contribution in [0.5, 0.6) is 5.88 Å². The summed E-state index contributed by atoms with van der Waals surface area (Å²) in [5.41, 5.74) is 2.00. The number of methoxy groups -OCH3 is 3. The maximum atomic E-state index is 5.86. The summed E-state index contributed by atoms with van der Waals surface area (Å²) in [6.45, 7) is 3.52. The molecule has 1 aliphatic heterocycles. The Labute approximate surface area is 165 Å². The van der Waals surface area contributed by atoms with Gasteiger partial charge in [0.25, 0.3) is 0 Å². The summed E-state index contributed by atoms with van der Waals surface area (Å²) >= 11 is 0. The van der Waals surface area contributed by atoms with Crippen LogP contribution in [0.15, 0.2) is 24.5 Å². The second-order valence-electron chi connectivity index (χ2n) is 7.82. The van der Waals surface area contributed by atoms with Gasteiger partial charge in [-0.3, -0.25) is 4.90 Å². The number of likely N-dealkylation sites (tertiary alicyclic amines) is 1. The Bertz CT molecular complexity index is 783. The molecule has 28 heavy (non-hydrogen) atoms. The van der Waals surface area contributed by atoms with Crippen molar-refractivity contribution in [3.05, 3.63) is 35.8 Å². The third kappa shape index (κ3) is 3.90. The highest BCUT2D eigenvalue weighted by Gasteiger charge is 2.43. The predicted molar refractivity (Wildman–Crippen MR) is 103 cm³/mol. The maximum Gasteiger partial charge on any atom is 0.217 e. The van der Waals surface area contributed by atoms with Crippen LogP contribution >= 0.6 is 0 Å². The van der Waals surface area contributed by atoms with Crippen molar-refractivity contribution >= 4 is 0 Å². The Balaban J connectivity index is 1.45. The van der Waals surface area contributed by atoms with E-state index < -0.39 is 0 Å². The second kappa shape index (κ2) is 8.55. The van der Waals surface area contributed by atoms with E-state index >= 15 is 0 Å². The predicted octanol–water partition coefficient (Wildman–Crippen LogP) is 1.93. The van der Waals surface area contributed by atoms with Gasteiger partial charge in [-0.25, -0.2) is 9.67 Å². The molecule has 8 nitrogen and oxygen atoms in total. The van der Waals surface area contributed by atoms with Gasteiger partial charge in [-0.1, -0.05) is 11.3 Å². The highest BCUT2D eigenvalue weighted by molar-refractivity contribution is 5.25. The molecule has 4 atom stereocenters. The van der Waals surface area contributed by atoms with Crippen molar-refractivity contribution in [2.24, 2.45) is 11.8 Å². The minimum atomic E-state index is 0.159. The van der Waals surface area contributed by atoms with Crippen LogP contribution in [-0.2, 0) is 22.6 Å². The summed E-state index contributed by atoms with van der Waals surface area (Å²) in [4.78, 5) is 6.84. The van der Waals surface area contributed by atoms with E-state index in [4.69, 9.17) is 14.2 Å². The van der Waals surface area contributed by atoms with Crippen molar-refractivity contribution in [2.75, 3.05) is 34.4 Å². The minimum Gasteiger partial charge on any atom is -0.481 e. The number of pyridine rings is 1. The van der Waals surface area contributed by atoms with Crippen LogP contribution in [0.3, 0.4) is 0 Å². The van der Waals surface area contributed by atoms with Gasteiger partial charge in [-0.2, -0.15) is 0 Å². The topological polar surface area (TPSA) is 74.5 Å². The molecule has 1 aliphatic carbocycles. The zero-order chi connectivity index (χ0) is 19.5. The number of hydrogen-bond acceptors (Lipinski definition) is 7. The minimum absolute atomic E-state index is 0.159. The molecular formula is C20H29N5O3. The first kappa shape index (κ1) is 19.3. The molecule has 2 aliphatic rings. The highest BCUT2D eigenvalue weighted by atomic mass is 16.5. The van der Waals surface area contributed by atoms with Crippen LogP contribution in [-0.4, -0.2) is 65.4 Å². The lowest BCUT2D eigenvalue weighted by atomic mass is 9.77. The van der Waals surface area contributed by atoms with E-state index in [1.165, 1.54) is 0 Å². The van der Waals surface area contributed by atoms with Gasteiger partial charge < -0.3 is 14.2 Å². The van der Waals surface area contributed by atoms with Gasteiger partial charge in [0.2, 0.25) is 5.88 Å². The SMILES string of the molecule is COCc1cn([C@@H]2C[C@@H]3CN(Cc4cccnc4OC)C[C@@H]3C[C@H]2OC)nn1. The lowest BCUT2D eigenvalue weighted by Crippen LogP contribution is -2.37. The van der Waals surface area contributed by atoms with E-state index in [2.05, 4.69) is 26.3 Å². The fourth-order valence-electron chi connectivity index (χ4n) is 4.81. The first-order chi connectivity index (χ1) is 13.7. The lowest BCUT2D eigenvalue weighted by molar-refractivity contribution is -0.00548. The molecule has 0 radical (unpaired) electrons. The van der Waals surface area contributed by atoms with Gasteiger partial charge >= 0.3 is 0 Å². The molecule has 8 heteroatoms. The molecule has 0 amide bonds. The normalized spacial score (nSPS) is 27.7. The average molecular weight is 387 g/mol. The van der Waals surface area contributed by atoms with Gasteiger partial charge in [0, 0.05) is 45.6 Å². The average Bonchev–Trinajstić information content (AvgIpc) is 3.33. The Morgan fingerprint density at radius 1 is 1.14 bits per heavy atom. The van der Waals surface area contributed by atoms with E-state index in [0.29, 0.717) is 18.4 Å². The second-order valence-corrected chi connectivity index (χ2v) is 7.82. The van der Waals surface area contributed by atoms with Gasteiger partial charge in [0.1, 0.15) is 5.69 Å². The fourth-order valence-corrected chi connectivity index (χ4v) is 4.81. The molecule has 3 heterocycles. The summed E-state index contributed by atoms with van der Waals surface area (Å²) in [5, 5.41) is 8.57. The Morgan fingerprint density at radius 3 is 2.71 bits per heavy atom. The van der Waals surface area contributed by atoms with Gasteiger partial charge in [0.15, 0.2) is 0 Å². The molecule has 0 bridgehead atoms. The number of fused-ring (bicyclic) bond motifs is 1. The first-order valence-corrected chi connectivity index (χ1v) is 9.84. The van der Waals surface area contributed by atoms with E-state index in [0.717, 1.165) is 49.6 Å². The number of aromatic nitrogens is 4. The Kier molecular flexibility index (Phi) is 5.89. The van der Waals surface area contributed by atoms with Crippen molar-refractivity contribution in [3.8, 4) is 5.88 Å². The van der Waals surface area contributed by atoms with E-state index in [1.54, 1.807) is 27.5 Å². The number of hydrogen-bond donors (Lipinski definition) is 0. The van der Waals surface area contributed by atoms with Gasteiger partial charge in [0.05, 0.1) is 32.1 Å². The molecule has 152 valence electrons. The molecular weight excluding hydrogens is 358 g/mol. The zero-order valence-corrected chi connectivity index (χ0v) is 16.8. The Hall–Kier alpha value is -2.03. The number of ether oxygens (including phenoxy) is 3. The summed E-state index contributed by atoms with van der Waals surface area (Å²) in [7, 11) is 5.16. The maximum absolute atomic E-state index is 5.86. The number of rotatable bonds is 7. The molecule has 2 aromatic rings. The van der Waals surface area contributed by atoms with Crippen LogP contribution in [0.4, 0.5) is 0 Å². The summed E-state index contributed by atoms with van der Waals surface area (Å²) < 4.78 is 18.4. The third-order valence-corrected chi connectivity index (χ3v) is 6.09. The smallest absolute Gasteiger partial charge is 0.217 e. The summed E-state index contributed by atoms with van der Waals surface area (Å²) in [6.07, 6.45) is 6.03. The molecule has 1 saturated heterocycles. The van der Waals surface area contributed by atoms with Crippen molar-refractivity contribution in [1.29, 1.82) is 0 Å². The molecule has 0 unspecified atom stereocenters. The molecule has 2 fully saturated rings. The zero-order valence-electron chi connectivity index (χ0n) is 16.8. The van der Waals surface area contributed by atoms with E-state index in [9.17, 15) is 0 Å². The largest absolute Gasteiger partial charge is 0.481 e. The first-order valence-electron chi connectivity index (χ1n) is 9.84. The van der Waals surface area contributed by atoms with E-state index in [1.807, 2.05) is 16.9 Å². The van der Waals surface area contributed by atoms with Crippen LogP contribution in [0.1, 0.15) is 30.1 Å². The van der Waals surface area contributed by atoms with Crippen LogP contribution in [0, 0.1) is 11.8 Å². The fraction of sp³-hybridized carbons (Fsp3) is 0.650. The highest BCUT2D eigenvalue weighted by Crippen LogP contribution is 2.42. The molecule has 0 aromatic carbocycles. The molecule has 0 spiro atoms. The summed E-state index contributed by atoms with van der Waals surface area (Å²) in [5.74, 6) is 2.00. The van der Waals surface area contributed by atoms with Gasteiger partial charge in [-0.05, 0) is 30.7 Å². The monoisotopic (exact) mass is 387 g/mol. The van der Waals surface area contributed by atoms with Crippen molar-refractivity contribution in [2.45, 2.75) is 38.1 Å². The van der Waals surface area contributed by atoms with Crippen molar-refractivity contribution in [3.63, 3.8) is 0 Å². The number of nitrogens with zero attached hydrogens (tertiary/aromatic N) is 5. The third-order valence-electron chi connectivity index (χ3n) is 6.09. The Morgan fingerprint density at radius 2 is 1.96 bits per heavy atom. The lowest BCUT2D eigenvalue weighted by Gasteiger charge is -2.37. The molecule has 2 aromatic heterocycles. The quantitative estimate of drug-likeness (QED) is 0.719. The van der Waals surface area contributed by atoms with Gasteiger partial charge in [-0.15, -0.1) is 5.10 Å². The van der Waals surface area contributed by atoms with Crippen LogP contribution < -0.4 is 4.74 Å². The van der Waals surface area contributed by atoms with Crippen LogP contribution in [0.25, 0.3) is 0 Å². The molecule has 4 rings (SSSR count).